The number of ether oxygens (including phenoxy) is 4. The smallest absolute Gasteiger partial charge is 0.338 e. The Balaban J connectivity index is 1.96. The van der Waals surface area contributed by atoms with E-state index in [1.165, 1.54) is 0 Å². The summed E-state index contributed by atoms with van der Waals surface area (Å²) >= 11 is 0. The van der Waals surface area contributed by atoms with Gasteiger partial charge in [-0.2, -0.15) is 0 Å². The van der Waals surface area contributed by atoms with Gasteiger partial charge in [0.05, 0.1) is 31.0 Å². The van der Waals surface area contributed by atoms with Crippen LogP contribution in [0.4, 0.5) is 0 Å². The van der Waals surface area contributed by atoms with Crippen LogP contribution in [0.1, 0.15) is 38.1 Å². The molecule has 2 rings (SSSR count). The van der Waals surface area contributed by atoms with Crippen molar-refractivity contribution in [3.8, 4) is 11.5 Å². The molecule has 1 saturated heterocycles. The van der Waals surface area contributed by atoms with Gasteiger partial charge in [0.25, 0.3) is 5.91 Å². The van der Waals surface area contributed by atoms with Crippen LogP contribution in [0.15, 0.2) is 18.2 Å². The Morgan fingerprint density at radius 2 is 1.69 bits per heavy atom. The van der Waals surface area contributed by atoms with E-state index >= 15 is 0 Å². The summed E-state index contributed by atoms with van der Waals surface area (Å²) in [6.07, 6.45) is -0.0588. The first-order valence-electron chi connectivity index (χ1n) is 8.94. The Hall–Kier alpha value is -2.28. The van der Waals surface area contributed by atoms with Gasteiger partial charge in [0.2, 0.25) is 0 Å². The third-order valence-electron chi connectivity index (χ3n) is 3.88. The third kappa shape index (κ3) is 5.36. The maximum Gasteiger partial charge on any atom is 0.338 e. The van der Waals surface area contributed by atoms with Gasteiger partial charge in [-0.25, -0.2) is 4.79 Å². The van der Waals surface area contributed by atoms with Crippen molar-refractivity contribution in [1.82, 2.24) is 4.90 Å². The quantitative estimate of drug-likeness (QED) is 0.690. The molecular formula is C19H27NO6. The second-order valence-electron chi connectivity index (χ2n) is 6.16. The van der Waals surface area contributed by atoms with Gasteiger partial charge in [0, 0.05) is 13.1 Å². The minimum Gasteiger partial charge on any atom is -0.490 e. The van der Waals surface area contributed by atoms with Crippen LogP contribution in [-0.4, -0.2) is 61.9 Å². The minimum atomic E-state index is -0.572. The standard InChI is InChI=1S/C19H27NO6/c1-5-23-16-8-7-15(9-17(16)24-6-2)19(22)25-12-18(21)20-10-13(3)26-14(4)11-20/h7-9,13-14H,5-6,10-12H2,1-4H3/t13-,14-/m0/s1. The first kappa shape index (κ1) is 20.0. The molecule has 1 aliphatic rings. The van der Waals surface area contributed by atoms with Crippen LogP contribution in [-0.2, 0) is 14.3 Å². The monoisotopic (exact) mass is 365 g/mol. The summed E-state index contributed by atoms with van der Waals surface area (Å²) < 4.78 is 21.8. The fraction of sp³-hybridized carbons (Fsp3) is 0.579. The molecule has 144 valence electrons. The number of morpholine rings is 1. The number of benzene rings is 1. The lowest BCUT2D eigenvalue weighted by Crippen LogP contribution is -2.49. The van der Waals surface area contributed by atoms with Crippen molar-refractivity contribution < 1.29 is 28.5 Å². The second-order valence-corrected chi connectivity index (χ2v) is 6.16. The highest BCUT2D eigenvalue weighted by molar-refractivity contribution is 5.92. The maximum absolute atomic E-state index is 12.3. The Kier molecular flexibility index (Phi) is 7.26. The van der Waals surface area contributed by atoms with Gasteiger partial charge in [-0.05, 0) is 45.9 Å². The summed E-state index contributed by atoms with van der Waals surface area (Å²) in [4.78, 5) is 26.2. The summed E-state index contributed by atoms with van der Waals surface area (Å²) in [5.74, 6) is 0.247. The van der Waals surface area contributed by atoms with E-state index in [1.54, 1.807) is 23.1 Å². The van der Waals surface area contributed by atoms with Gasteiger partial charge in [-0.1, -0.05) is 0 Å². The van der Waals surface area contributed by atoms with Crippen molar-refractivity contribution in [2.75, 3.05) is 32.9 Å². The molecule has 1 amide bonds. The zero-order valence-electron chi connectivity index (χ0n) is 15.8. The van der Waals surface area contributed by atoms with Crippen molar-refractivity contribution in [1.29, 1.82) is 0 Å². The van der Waals surface area contributed by atoms with Crippen LogP contribution in [0.25, 0.3) is 0 Å². The summed E-state index contributed by atoms with van der Waals surface area (Å²) in [7, 11) is 0. The van der Waals surface area contributed by atoms with Crippen molar-refractivity contribution >= 4 is 11.9 Å². The second kappa shape index (κ2) is 9.43. The van der Waals surface area contributed by atoms with Crippen LogP contribution < -0.4 is 9.47 Å². The largest absolute Gasteiger partial charge is 0.490 e. The predicted octanol–water partition coefficient (Wildman–Crippen LogP) is 2.28. The van der Waals surface area contributed by atoms with E-state index in [1.807, 2.05) is 27.7 Å². The molecule has 1 aromatic rings. The zero-order valence-corrected chi connectivity index (χ0v) is 15.8. The summed E-state index contributed by atoms with van der Waals surface area (Å²) in [6, 6.07) is 4.83. The molecule has 1 aliphatic heterocycles. The number of nitrogens with zero attached hydrogens (tertiary/aromatic N) is 1. The molecule has 7 nitrogen and oxygen atoms in total. The summed E-state index contributed by atoms with van der Waals surface area (Å²) in [6.45, 7) is 9.19. The average Bonchev–Trinajstić information content (AvgIpc) is 2.60. The molecule has 0 radical (unpaired) electrons. The van der Waals surface area contributed by atoms with Gasteiger partial charge in [0.15, 0.2) is 18.1 Å². The maximum atomic E-state index is 12.3. The van der Waals surface area contributed by atoms with E-state index < -0.39 is 5.97 Å². The molecule has 1 aromatic carbocycles. The van der Waals surface area contributed by atoms with Crippen LogP contribution >= 0.6 is 0 Å². The lowest BCUT2D eigenvalue weighted by molar-refractivity contribution is -0.146. The van der Waals surface area contributed by atoms with Crippen molar-refractivity contribution in [3.63, 3.8) is 0 Å². The summed E-state index contributed by atoms with van der Waals surface area (Å²) in [5, 5.41) is 0. The Morgan fingerprint density at radius 3 is 2.31 bits per heavy atom. The molecule has 0 N–H and O–H groups in total. The van der Waals surface area contributed by atoms with E-state index in [9.17, 15) is 9.59 Å². The van der Waals surface area contributed by atoms with Crippen LogP contribution in [0.3, 0.4) is 0 Å². The number of amides is 1. The first-order valence-corrected chi connectivity index (χ1v) is 8.94. The molecule has 0 spiro atoms. The van der Waals surface area contributed by atoms with Crippen LogP contribution in [0.5, 0.6) is 11.5 Å². The van der Waals surface area contributed by atoms with E-state index in [0.29, 0.717) is 43.4 Å². The predicted molar refractivity (Wildman–Crippen MR) is 95.7 cm³/mol. The number of carbonyl (C=O) groups is 2. The molecule has 1 heterocycles. The number of hydrogen-bond acceptors (Lipinski definition) is 6. The lowest BCUT2D eigenvalue weighted by Gasteiger charge is -2.35. The zero-order chi connectivity index (χ0) is 19.1. The highest BCUT2D eigenvalue weighted by Gasteiger charge is 2.26. The topological polar surface area (TPSA) is 74.3 Å². The molecule has 0 aromatic heterocycles. The average molecular weight is 365 g/mol. The molecule has 26 heavy (non-hydrogen) atoms. The number of rotatable bonds is 7. The molecule has 7 heteroatoms. The first-order chi connectivity index (χ1) is 12.4. The van der Waals surface area contributed by atoms with Crippen LogP contribution in [0.2, 0.25) is 0 Å². The van der Waals surface area contributed by atoms with Gasteiger partial charge in [-0.15, -0.1) is 0 Å². The van der Waals surface area contributed by atoms with Gasteiger partial charge >= 0.3 is 5.97 Å². The van der Waals surface area contributed by atoms with Crippen molar-refractivity contribution in [3.05, 3.63) is 23.8 Å². The molecule has 0 saturated carbocycles. The molecule has 1 fully saturated rings. The Morgan fingerprint density at radius 1 is 1.08 bits per heavy atom. The van der Waals surface area contributed by atoms with Gasteiger partial charge < -0.3 is 23.8 Å². The summed E-state index contributed by atoms with van der Waals surface area (Å²) in [5.41, 5.74) is 0.313. The molecule has 2 atom stereocenters. The number of carbonyl (C=O) groups excluding carboxylic acids is 2. The fourth-order valence-electron chi connectivity index (χ4n) is 2.86. The van der Waals surface area contributed by atoms with E-state index in [-0.39, 0.29) is 24.7 Å². The highest BCUT2D eigenvalue weighted by atomic mass is 16.5. The molecular weight excluding hydrogens is 338 g/mol. The highest BCUT2D eigenvalue weighted by Crippen LogP contribution is 2.28. The van der Waals surface area contributed by atoms with Crippen LogP contribution in [0, 0.1) is 0 Å². The Bertz CT molecular complexity index is 622. The van der Waals surface area contributed by atoms with Crippen molar-refractivity contribution in [2.45, 2.75) is 39.9 Å². The normalized spacial score (nSPS) is 19.8. The number of hydrogen-bond donors (Lipinski definition) is 0. The molecule has 0 unspecified atom stereocenters. The lowest BCUT2D eigenvalue weighted by atomic mass is 10.2. The number of esters is 1. The van der Waals surface area contributed by atoms with Gasteiger partial charge in [0.1, 0.15) is 0 Å². The molecule has 0 aliphatic carbocycles. The Labute approximate surface area is 154 Å². The van der Waals surface area contributed by atoms with E-state index in [2.05, 4.69) is 0 Å². The van der Waals surface area contributed by atoms with Crippen molar-refractivity contribution in [2.24, 2.45) is 0 Å². The van der Waals surface area contributed by atoms with Gasteiger partial charge in [-0.3, -0.25) is 4.79 Å². The van der Waals surface area contributed by atoms with E-state index in [4.69, 9.17) is 18.9 Å². The minimum absolute atomic E-state index is 0.0294. The SMILES string of the molecule is CCOc1ccc(C(=O)OCC(=O)N2C[C@H](C)O[C@@H](C)C2)cc1OCC. The fourth-order valence-corrected chi connectivity index (χ4v) is 2.86. The van der Waals surface area contributed by atoms with E-state index in [0.717, 1.165) is 0 Å². The third-order valence-corrected chi connectivity index (χ3v) is 3.88. The molecule has 0 bridgehead atoms.